The average molecular weight is 244 g/mol. The van der Waals surface area contributed by atoms with Gasteiger partial charge in [-0.2, -0.15) is 0 Å². The fourth-order valence-electron chi connectivity index (χ4n) is 2.09. The maximum Gasteiger partial charge on any atom is 0.0935 e. The SMILES string of the molecule is CCCN1CCO[C@@H](COCCCNCC)C1. The summed E-state index contributed by atoms with van der Waals surface area (Å²) in [4.78, 5) is 2.47. The molecule has 1 saturated heterocycles. The van der Waals surface area contributed by atoms with Crippen LogP contribution in [0.4, 0.5) is 0 Å². The number of hydrogen-bond acceptors (Lipinski definition) is 4. The van der Waals surface area contributed by atoms with Crippen LogP contribution in [0.25, 0.3) is 0 Å². The van der Waals surface area contributed by atoms with E-state index in [0.717, 1.165) is 52.4 Å². The Labute approximate surface area is 106 Å². The molecule has 1 heterocycles. The fourth-order valence-corrected chi connectivity index (χ4v) is 2.09. The van der Waals surface area contributed by atoms with E-state index in [9.17, 15) is 0 Å². The molecule has 1 aliphatic heterocycles. The Bertz CT molecular complexity index is 177. The van der Waals surface area contributed by atoms with Gasteiger partial charge < -0.3 is 14.8 Å². The number of ether oxygens (including phenoxy) is 2. The zero-order chi connectivity index (χ0) is 12.3. The van der Waals surface area contributed by atoms with Gasteiger partial charge in [-0.3, -0.25) is 4.90 Å². The first-order valence-corrected chi connectivity index (χ1v) is 6.99. The second-order valence-electron chi connectivity index (χ2n) is 4.58. The standard InChI is InChI=1S/C13H28N2O2/c1-3-7-15-8-10-17-13(11-15)12-16-9-5-6-14-4-2/h13-14H,3-12H2,1-2H3/t13-/m1/s1. The Kier molecular flexibility index (Phi) is 8.61. The van der Waals surface area contributed by atoms with Gasteiger partial charge in [0.1, 0.15) is 0 Å². The summed E-state index contributed by atoms with van der Waals surface area (Å²) < 4.78 is 11.4. The van der Waals surface area contributed by atoms with Crippen LogP contribution in [0, 0.1) is 0 Å². The summed E-state index contributed by atoms with van der Waals surface area (Å²) in [6, 6.07) is 0. The molecular formula is C13H28N2O2. The molecule has 0 spiro atoms. The van der Waals surface area contributed by atoms with Crippen molar-refractivity contribution in [2.24, 2.45) is 0 Å². The molecule has 0 aromatic rings. The number of nitrogens with one attached hydrogen (secondary N) is 1. The zero-order valence-electron chi connectivity index (χ0n) is 11.4. The van der Waals surface area contributed by atoms with Crippen LogP contribution in [0.3, 0.4) is 0 Å². The summed E-state index contributed by atoms with van der Waals surface area (Å²) in [6.45, 7) is 12.1. The van der Waals surface area contributed by atoms with Gasteiger partial charge in [-0.15, -0.1) is 0 Å². The highest BCUT2D eigenvalue weighted by molar-refractivity contribution is 4.70. The van der Waals surface area contributed by atoms with E-state index in [2.05, 4.69) is 24.1 Å². The molecule has 0 saturated carbocycles. The van der Waals surface area contributed by atoms with Crippen molar-refractivity contribution in [2.75, 3.05) is 52.5 Å². The minimum absolute atomic E-state index is 0.273. The molecular weight excluding hydrogens is 216 g/mol. The molecule has 1 rings (SSSR count). The molecule has 17 heavy (non-hydrogen) atoms. The highest BCUT2D eigenvalue weighted by Gasteiger charge is 2.19. The Morgan fingerprint density at radius 1 is 1.41 bits per heavy atom. The minimum atomic E-state index is 0.273. The van der Waals surface area contributed by atoms with E-state index in [0.29, 0.717) is 0 Å². The minimum Gasteiger partial charge on any atom is -0.379 e. The lowest BCUT2D eigenvalue weighted by molar-refractivity contribution is -0.0690. The van der Waals surface area contributed by atoms with Gasteiger partial charge in [0.15, 0.2) is 0 Å². The van der Waals surface area contributed by atoms with Crippen LogP contribution < -0.4 is 5.32 Å². The van der Waals surface area contributed by atoms with Crippen LogP contribution in [-0.4, -0.2) is 63.5 Å². The molecule has 1 fully saturated rings. The van der Waals surface area contributed by atoms with Gasteiger partial charge in [0, 0.05) is 19.7 Å². The van der Waals surface area contributed by atoms with Crippen molar-refractivity contribution in [1.82, 2.24) is 10.2 Å². The number of hydrogen-bond donors (Lipinski definition) is 1. The van der Waals surface area contributed by atoms with Gasteiger partial charge in [0.05, 0.1) is 19.3 Å². The van der Waals surface area contributed by atoms with Crippen molar-refractivity contribution in [1.29, 1.82) is 0 Å². The van der Waals surface area contributed by atoms with Crippen LogP contribution >= 0.6 is 0 Å². The number of morpholine rings is 1. The van der Waals surface area contributed by atoms with E-state index in [1.807, 2.05) is 0 Å². The van der Waals surface area contributed by atoms with Crippen LogP contribution in [0.2, 0.25) is 0 Å². The van der Waals surface area contributed by atoms with Crippen molar-refractivity contribution in [3.8, 4) is 0 Å². The quantitative estimate of drug-likeness (QED) is 0.616. The molecule has 0 bridgehead atoms. The second-order valence-corrected chi connectivity index (χ2v) is 4.58. The number of nitrogens with zero attached hydrogens (tertiary/aromatic N) is 1. The first-order chi connectivity index (χ1) is 8.36. The predicted octanol–water partition coefficient (Wildman–Crippen LogP) is 1.11. The van der Waals surface area contributed by atoms with Gasteiger partial charge in [0.2, 0.25) is 0 Å². The maximum atomic E-state index is 5.70. The topological polar surface area (TPSA) is 33.7 Å². The summed E-state index contributed by atoms with van der Waals surface area (Å²) >= 11 is 0. The van der Waals surface area contributed by atoms with Crippen molar-refractivity contribution in [2.45, 2.75) is 32.8 Å². The zero-order valence-corrected chi connectivity index (χ0v) is 11.4. The first-order valence-electron chi connectivity index (χ1n) is 6.99. The normalized spacial score (nSPS) is 21.9. The second kappa shape index (κ2) is 9.83. The lowest BCUT2D eigenvalue weighted by atomic mass is 10.2. The van der Waals surface area contributed by atoms with Crippen LogP contribution in [0.5, 0.6) is 0 Å². The predicted molar refractivity (Wildman–Crippen MR) is 70.5 cm³/mol. The third-order valence-corrected chi connectivity index (χ3v) is 2.96. The molecule has 0 amide bonds. The highest BCUT2D eigenvalue weighted by Crippen LogP contribution is 2.06. The maximum absolute atomic E-state index is 5.70. The highest BCUT2D eigenvalue weighted by atomic mass is 16.5. The van der Waals surface area contributed by atoms with Gasteiger partial charge >= 0.3 is 0 Å². The van der Waals surface area contributed by atoms with E-state index < -0.39 is 0 Å². The van der Waals surface area contributed by atoms with E-state index in [4.69, 9.17) is 9.47 Å². The average Bonchev–Trinajstić information content (AvgIpc) is 2.35. The van der Waals surface area contributed by atoms with Crippen molar-refractivity contribution < 1.29 is 9.47 Å². The molecule has 0 radical (unpaired) electrons. The van der Waals surface area contributed by atoms with Gasteiger partial charge in [-0.1, -0.05) is 13.8 Å². The van der Waals surface area contributed by atoms with Gasteiger partial charge in [0.25, 0.3) is 0 Å². The fraction of sp³-hybridized carbons (Fsp3) is 1.00. The summed E-state index contributed by atoms with van der Waals surface area (Å²) in [5.41, 5.74) is 0. The molecule has 0 aromatic carbocycles. The van der Waals surface area contributed by atoms with Crippen molar-refractivity contribution in [3.63, 3.8) is 0 Å². The largest absolute Gasteiger partial charge is 0.379 e. The molecule has 1 N–H and O–H groups in total. The smallest absolute Gasteiger partial charge is 0.0935 e. The Hall–Kier alpha value is -0.160. The Morgan fingerprint density at radius 3 is 3.06 bits per heavy atom. The lowest BCUT2D eigenvalue weighted by Crippen LogP contribution is -2.44. The van der Waals surface area contributed by atoms with Gasteiger partial charge in [-0.25, -0.2) is 0 Å². The molecule has 4 nitrogen and oxygen atoms in total. The van der Waals surface area contributed by atoms with E-state index in [1.165, 1.54) is 13.0 Å². The molecule has 1 atom stereocenters. The van der Waals surface area contributed by atoms with E-state index >= 15 is 0 Å². The third-order valence-electron chi connectivity index (χ3n) is 2.96. The van der Waals surface area contributed by atoms with Crippen molar-refractivity contribution in [3.05, 3.63) is 0 Å². The summed E-state index contributed by atoms with van der Waals surface area (Å²) in [5.74, 6) is 0. The summed E-state index contributed by atoms with van der Waals surface area (Å²) in [6.07, 6.45) is 2.57. The summed E-state index contributed by atoms with van der Waals surface area (Å²) in [7, 11) is 0. The Balaban J connectivity index is 1.98. The van der Waals surface area contributed by atoms with Crippen LogP contribution in [-0.2, 0) is 9.47 Å². The van der Waals surface area contributed by atoms with E-state index in [-0.39, 0.29) is 6.10 Å². The molecule has 0 aliphatic carbocycles. The van der Waals surface area contributed by atoms with E-state index in [1.54, 1.807) is 0 Å². The molecule has 1 aliphatic rings. The van der Waals surface area contributed by atoms with Crippen LogP contribution in [0.1, 0.15) is 26.7 Å². The first kappa shape index (κ1) is 14.9. The van der Waals surface area contributed by atoms with Crippen LogP contribution in [0.15, 0.2) is 0 Å². The molecule has 4 heteroatoms. The summed E-state index contributed by atoms with van der Waals surface area (Å²) in [5, 5.41) is 3.29. The number of rotatable bonds is 9. The lowest BCUT2D eigenvalue weighted by Gasteiger charge is -2.32. The Morgan fingerprint density at radius 2 is 2.29 bits per heavy atom. The third kappa shape index (κ3) is 6.99. The molecule has 0 aromatic heterocycles. The molecule has 102 valence electrons. The van der Waals surface area contributed by atoms with Crippen molar-refractivity contribution >= 4 is 0 Å². The monoisotopic (exact) mass is 244 g/mol. The molecule has 0 unspecified atom stereocenters. The van der Waals surface area contributed by atoms with Gasteiger partial charge in [-0.05, 0) is 32.5 Å².